The van der Waals surface area contributed by atoms with E-state index in [9.17, 15) is 14.4 Å². The molecule has 3 aliphatic heterocycles. The summed E-state index contributed by atoms with van der Waals surface area (Å²) in [5.41, 5.74) is 0.372. The minimum Gasteiger partial charge on any atom is -0.496 e. The number of amides is 4. The molecular formula is C23H31ClN4O4. The maximum Gasteiger partial charge on any atom is 0.320 e. The van der Waals surface area contributed by atoms with Gasteiger partial charge in [-0.05, 0) is 50.3 Å². The molecule has 0 saturated carbocycles. The molecule has 1 aromatic carbocycles. The summed E-state index contributed by atoms with van der Waals surface area (Å²) in [7, 11) is 1.51. The van der Waals surface area contributed by atoms with Crippen molar-refractivity contribution in [2.45, 2.75) is 38.1 Å². The molecule has 3 aliphatic rings. The van der Waals surface area contributed by atoms with Crippen molar-refractivity contribution in [1.82, 2.24) is 19.6 Å². The van der Waals surface area contributed by atoms with Gasteiger partial charge in [0.2, 0.25) is 5.91 Å². The van der Waals surface area contributed by atoms with Gasteiger partial charge in [0, 0.05) is 50.8 Å². The molecule has 0 bridgehead atoms. The second-order valence-corrected chi connectivity index (χ2v) is 9.08. The molecule has 4 amide bonds. The molecule has 0 unspecified atom stereocenters. The smallest absolute Gasteiger partial charge is 0.320 e. The summed E-state index contributed by atoms with van der Waals surface area (Å²) in [5, 5.41) is 0.450. The SMILES string of the molecule is COc1ccc(Cl)cc1C(=O)N1CCC[C@H]1C(=O)N1CCN(C(=O)N2CCCCC2)CC1. The first-order chi connectivity index (χ1) is 15.5. The highest BCUT2D eigenvalue weighted by molar-refractivity contribution is 6.31. The number of urea groups is 1. The fourth-order valence-corrected chi connectivity index (χ4v) is 5.05. The summed E-state index contributed by atoms with van der Waals surface area (Å²) in [6, 6.07) is 4.53. The molecule has 1 aromatic rings. The van der Waals surface area contributed by atoms with E-state index in [0.29, 0.717) is 55.5 Å². The normalized spacial score (nSPS) is 21.6. The van der Waals surface area contributed by atoms with Crippen LogP contribution in [-0.2, 0) is 4.79 Å². The van der Waals surface area contributed by atoms with E-state index >= 15 is 0 Å². The zero-order valence-electron chi connectivity index (χ0n) is 18.6. The van der Waals surface area contributed by atoms with Crippen molar-refractivity contribution in [1.29, 1.82) is 0 Å². The van der Waals surface area contributed by atoms with Gasteiger partial charge >= 0.3 is 6.03 Å². The number of nitrogens with zero attached hydrogens (tertiary/aromatic N) is 4. The summed E-state index contributed by atoms with van der Waals surface area (Å²) < 4.78 is 5.33. The van der Waals surface area contributed by atoms with E-state index in [-0.39, 0.29) is 17.8 Å². The van der Waals surface area contributed by atoms with Crippen LogP contribution in [0.2, 0.25) is 5.02 Å². The third-order valence-corrected chi connectivity index (χ3v) is 6.91. The summed E-state index contributed by atoms with van der Waals surface area (Å²) in [4.78, 5) is 46.5. The number of benzene rings is 1. The molecule has 1 atom stereocenters. The highest BCUT2D eigenvalue weighted by atomic mass is 35.5. The number of rotatable bonds is 3. The van der Waals surface area contributed by atoms with E-state index in [1.165, 1.54) is 13.5 Å². The van der Waals surface area contributed by atoms with Crippen LogP contribution in [0.15, 0.2) is 18.2 Å². The topological polar surface area (TPSA) is 73.4 Å². The standard InChI is InChI=1S/C23H31ClN4O4/c1-32-20-8-7-17(24)16-18(20)21(29)28-11-5-6-19(28)22(30)25-12-14-27(15-13-25)23(31)26-9-3-2-4-10-26/h7-8,16,19H,2-6,9-15H2,1H3/t19-/m0/s1. The number of piperidine rings is 1. The first-order valence-corrected chi connectivity index (χ1v) is 11.8. The van der Waals surface area contributed by atoms with Crippen molar-refractivity contribution in [3.8, 4) is 5.75 Å². The van der Waals surface area contributed by atoms with E-state index in [0.717, 1.165) is 32.4 Å². The highest BCUT2D eigenvalue weighted by Crippen LogP contribution is 2.28. The largest absolute Gasteiger partial charge is 0.496 e. The molecule has 3 fully saturated rings. The van der Waals surface area contributed by atoms with Crippen LogP contribution in [0.3, 0.4) is 0 Å². The minimum atomic E-state index is -0.490. The number of likely N-dealkylation sites (tertiary alicyclic amines) is 2. The third kappa shape index (κ3) is 4.65. The van der Waals surface area contributed by atoms with Crippen LogP contribution in [0.5, 0.6) is 5.75 Å². The third-order valence-electron chi connectivity index (χ3n) is 6.68. The molecule has 4 rings (SSSR count). The zero-order valence-corrected chi connectivity index (χ0v) is 19.4. The predicted octanol–water partition coefficient (Wildman–Crippen LogP) is 2.70. The number of ether oxygens (including phenoxy) is 1. The number of carbonyl (C=O) groups is 3. The van der Waals surface area contributed by atoms with Crippen molar-refractivity contribution >= 4 is 29.4 Å². The molecule has 0 aromatic heterocycles. The maximum atomic E-state index is 13.3. The molecule has 8 nitrogen and oxygen atoms in total. The molecule has 0 N–H and O–H groups in total. The van der Waals surface area contributed by atoms with Crippen molar-refractivity contribution in [3.63, 3.8) is 0 Å². The molecule has 0 aliphatic carbocycles. The van der Waals surface area contributed by atoms with E-state index in [1.807, 2.05) is 9.80 Å². The average molecular weight is 463 g/mol. The first-order valence-electron chi connectivity index (χ1n) is 11.5. The Morgan fingerprint density at radius 3 is 2.22 bits per heavy atom. The lowest BCUT2D eigenvalue weighted by Crippen LogP contribution is -2.57. The van der Waals surface area contributed by atoms with Crippen LogP contribution in [-0.4, -0.2) is 96.4 Å². The van der Waals surface area contributed by atoms with Crippen molar-refractivity contribution in [2.75, 3.05) is 52.9 Å². The van der Waals surface area contributed by atoms with Gasteiger partial charge in [-0.3, -0.25) is 9.59 Å². The van der Waals surface area contributed by atoms with E-state index in [2.05, 4.69) is 0 Å². The summed E-state index contributed by atoms with van der Waals surface area (Å²) in [6.07, 6.45) is 4.73. The fraction of sp³-hybridized carbons (Fsp3) is 0.609. The van der Waals surface area contributed by atoms with Crippen LogP contribution in [0.4, 0.5) is 4.79 Å². The Labute approximate surface area is 194 Å². The Kier molecular flexibility index (Phi) is 7.08. The van der Waals surface area contributed by atoms with E-state index in [4.69, 9.17) is 16.3 Å². The van der Waals surface area contributed by atoms with Crippen molar-refractivity contribution in [3.05, 3.63) is 28.8 Å². The highest BCUT2D eigenvalue weighted by Gasteiger charge is 2.39. The number of piperazine rings is 1. The average Bonchev–Trinajstić information content (AvgIpc) is 3.33. The molecule has 32 heavy (non-hydrogen) atoms. The fourth-order valence-electron chi connectivity index (χ4n) is 4.88. The van der Waals surface area contributed by atoms with Crippen LogP contribution < -0.4 is 4.74 Å². The van der Waals surface area contributed by atoms with Crippen LogP contribution >= 0.6 is 11.6 Å². The van der Waals surface area contributed by atoms with Crippen LogP contribution in [0, 0.1) is 0 Å². The number of methoxy groups -OCH3 is 1. The zero-order chi connectivity index (χ0) is 22.7. The number of hydrogen-bond acceptors (Lipinski definition) is 4. The van der Waals surface area contributed by atoms with Gasteiger partial charge in [0.25, 0.3) is 5.91 Å². The number of carbonyl (C=O) groups excluding carboxylic acids is 3. The lowest BCUT2D eigenvalue weighted by molar-refractivity contribution is -0.136. The Balaban J connectivity index is 1.38. The number of hydrogen-bond donors (Lipinski definition) is 0. The van der Waals surface area contributed by atoms with Gasteiger partial charge in [0.05, 0.1) is 12.7 Å². The monoisotopic (exact) mass is 462 g/mol. The Hall–Kier alpha value is -2.48. The van der Waals surface area contributed by atoms with Gasteiger partial charge in [-0.1, -0.05) is 11.6 Å². The summed E-state index contributed by atoms with van der Waals surface area (Å²) in [5.74, 6) is 0.170. The summed E-state index contributed by atoms with van der Waals surface area (Å²) in [6.45, 7) is 4.23. The Bertz CT molecular complexity index is 866. The van der Waals surface area contributed by atoms with Gasteiger partial charge in [-0.25, -0.2) is 4.79 Å². The Morgan fingerprint density at radius 1 is 0.875 bits per heavy atom. The molecule has 9 heteroatoms. The van der Waals surface area contributed by atoms with Gasteiger partial charge in [0.15, 0.2) is 0 Å². The van der Waals surface area contributed by atoms with Crippen molar-refractivity contribution in [2.24, 2.45) is 0 Å². The number of halogens is 1. The quantitative estimate of drug-likeness (QED) is 0.692. The van der Waals surface area contributed by atoms with Gasteiger partial charge in [0.1, 0.15) is 11.8 Å². The van der Waals surface area contributed by atoms with E-state index < -0.39 is 6.04 Å². The lowest BCUT2D eigenvalue weighted by atomic mass is 10.1. The van der Waals surface area contributed by atoms with Gasteiger partial charge in [-0.15, -0.1) is 0 Å². The molecule has 3 heterocycles. The predicted molar refractivity (Wildman–Crippen MR) is 121 cm³/mol. The molecule has 3 saturated heterocycles. The summed E-state index contributed by atoms with van der Waals surface area (Å²) >= 11 is 6.10. The Morgan fingerprint density at radius 2 is 1.53 bits per heavy atom. The molecular weight excluding hydrogens is 432 g/mol. The lowest BCUT2D eigenvalue weighted by Gasteiger charge is -2.40. The minimum absolute atomic E-state index is 0.0399. The van der Waals surface area contributed by atoms with Crippen molar-refractivity contribution < 1.29 is 19.1 Å². The molecule has 174 valence electrons. The second kappa shape index (κ2) is 9.98. The van der Waals surface area contributed by atoms with Crippen LogP contribution in [0.1, 0.15) is 42.5 Å². The van der Waals surface area contributed by atoms with Gasteiger partial charge in [-0.2, -0.15) is 0 Å². The van der Waals surface area contributed by atoms with Gasteiger partial charge < -0.3 is 24.3 Å². The molecule has 0 spiro atoms. The first kappa shape index (κ1) is 22.7. The molecule has 0 radical (unpaired) electrons. The maximum absolute atomic E-state index is 13.3. The van der Waals surface area contributed by atoms with Crippen LogP contribution in [0.25, 0.3) is 0 Å². The second-order valence-electron chi connectivity index (χ2n) is 8.64. The van der Waals surface area contributed by atoms with E-state index in [1.54, 1.807) is 28.0 Å².